The number of benzene rings is 3. The summed E-state index contributed by atoms with van der Waals surface area (Å²) >= 11 is 6.07. The zero-order chi connectivity index (χ0) is 28.1. The summed E-state index contributed by atoms with van der Waals surface area (Å²) in [5.41, 5.74) is 12.1. The monoisotopic (exact) mass is 559 g/mol. The molecule has 40 heavy (non-hydrogen) atoms. The Hall–Kier alpha value is -3.19. The number of rotatable bonds is 10. The molecular formula is C33H38ClN3O3. The number of carbonyl (C=O) groups excluding carboxylic acids is 2. The number of unbranched alkanes of at least 4 members (excludes halogenated alkanes) is 1. The number of nitrogens with one attached hydrogen (secondary N) is 1. The summed E-state index contributed by atoms with van der Waals surface area (Å²) < 4.78 is 5.70. The van der Waals surface area contributed by atoms with E-state index < -0.39 is 6.04 Å². The Balaban J connectivity index is 1.06. The number of esters is 1. The normalized spacial score (nSPS) is 19.5. The lowest BCUT2D eigenvalue weighted by Gasteiger charge is -2.36. The number of piperidine rings is 1. The van der Waals surface area contributed by atoms with Gasteiger partial charge in [0, 0.05) is 24.0 Å². The van der Waals surface area contributed by atoms with Gasteiger partial charge in [-0.05, 0) is 85.1 Å². The molecule has 6 nitrogen and oxygen atoms in total. The van der Waals surface area contributed by atoms with Gasteiger partial charge in [-0.3, -0.25) is 9.59 Å². The van der Waals surface area contributed by atoms with Gasteiger partial charge < -0.3 is 20.7 Å². The van der Waals surface area contributed by atoms with Crippen LogP contribution >= 0.6 is 11.6 Å². The number of fused-ring (bicyclic) bond motifs is 3. The fourth-order valence-corrected chi connectivity index (χ4v) is 6.28. The highest BCUT2D eigenvalue weighted by Gasteiger charge is 2.34. The summed E-state index contributed by atoms with van der Waals surface area (Å²) in [6, 6.07) is 23.7. The zero-order valence-corrected chi connectivity index (χ0v) is 23.8. The van der Waals surface area contributed by atoms with Crippen LogP contribution in [0.2, 0.25) is 5.02 Å². The third-order valence-electron chi connectivity index (χ3n) is 8.35. The van der Waals surface area contributed by atoms with E-state index >= 15 is 0 Å². The Kier molecular flexibility index (Phi) is 9.20. The second-order valence-corrected chi connectivity index (χ2v) is 11.5. The van der Waals surface area contributed by atoms with Crippen LogP contribution in [0.15, 0.2) is 72.8 Å². The van der Waals surface area contributed by atoms with Gasteiger partial charge in [-0.2, -0.15) is 0 Å². The van der Waals surface area contributed by atoms with E-state index in [4.69, 9.17) is 22.1 Å². The maximum atomic E-state index is 13.1. The van der Waals surface area contributed by atoms with E-state index in [1.54, 1.807) is 0 Å². The topological polar surface area (TPSA) is 84.7 Å². The van der Waals surface area contributed by atoms with Gasteiger partial charge in [0.15, 0.2) is 0 Å². The lowest BCUT2D eigenvalue weighted by molar-refractivity contribution is -0.145. The molecule has 210 valence electrons. The highest BCUT2D eigenvalue weighted by atomic mass is 35.5. The molecule has 3 aromatic carbocycles. The summed E-state index contributed by atoms with van der Waals surface area (Å²) in [5, 5.41) is 3.82. The van der Waals surface area contributed by atoms with E-state index in [9.17, 15) is 9.59 Å². The van der Waals surface area contributed by atoms with Gasteiger partial charge in [0.1, 0.15) is 12.6 Å². The van der Waals surface area contributed by atoms with Crippen LogP contribution in [0.3, 0.4) is 0 Å². The number of amides is 1. The number of carbonyl (C=O) groups is 2. The molecule has 1 aliphatic carbocycles. The summed E-state index contributed by atoms with van der Waals surface area (Å²) in [6.45, 7) is 2.53. The van der Waals surface area contributed by atoms with Crippen molar-refractivity contribution < 1.29 is 14.3 Å². The van der Waals surface area contributed by atoms with E-state index in [0.29, 0.717) is 18.0 Å². The molecule has 3 atom stereocenters. The van der Waals surface area contributed by atoms with Crippen LogP contribution in [0.5, 0.6) is 0 Å². The molecule has 0 aromatic heterocycles. The van der Waals surface area contributed by atoms with E-state index in [1.165, 1.54) is 22.3 Å². The fraction of sp³-hybridized carbons (Fsp3) is 0.394. The maximum absolute atomic E-state index is 13.1. The maximum Gasteiger partial charge on any atom is 0.322 e. The van der Waals surface area contributed by atoms with E-state index in [2.05, 4.69) is 41.5 Å². The lowest BCUT2D eigenvalue weighted by atomic mass is 9.80. The average molecular weight is 560 g/mol. The molecule has 0 saturated carbocycles. The van der Waals surface area contributed by atoms with Crippen LogP contribution in [-0.4, -0.2) is 56.1 Å². The minimum absolute atomic E-state index is 0.0225. The van der Waals surface area contributed by atoms with Gasteiger partial charge in [0.25, 0.3) is 0 Å². The van der Waals surface area contributed by atoms with Crippen molar-refractivity contribution in [3.8, 4) is 11.1 Å². The Morgan fingerprint density at radius 2 is 1.65 bits per heavy atom. The van der Waals surface area contributed by atoms with Crippen molar-refractivity contribution in [2.75, 3.05) is 33.3 Å². The SMILES string of the molecule is CN1CC[C@H](c2ccc(Cl)cc2)C(C(=O)NCCCCC(N)C(=O)OCC2c3ccccc3-c3ccccc32)C1. The van der Waals surface area contributed by atoms with E-state index in [1.807, 2.05) is 48.5 Å². The van der Waals surface area contributed by atoms with Crippen LogP contribution in [0.4, 0.5) is 0 Å². The van der Waals surface area contributed by atoms with Crippen molar-refractivity contribution in [3.63, 3.8) is 0 Å². The first-order valence-electron chi connectivity index (χ1n) is 14.2. The minimum atomic E-state index is -0.677. The molecule has 2 aliphatic rings. The Morgan fingerprint density at radius 3 is 2.33 bits per heavy atom. The largest absolute Gasteiger partial charge is 0.464 e. The van der Waals surface area contributed by atoms with Crippen LogP contribution in [0.25, 0.3) is 11.1 Å². The van der Waals surface area contributed by atoms with E-state index in [-0.39, 0.29) is 36.2 Å². The van der Waals surface area contributed by atoms with Gasteiger partial charge in [0.05, 0.1) is 5.92 Å². The van der Waals surface area contributed by atoms with Crippen LogP contribution in [0, 0.1) is 5.92 Å². The number of ether oxygens (including phenoxy) is 1. The van der Waals surface area contributed by atoms with Crippen molar-refractivity contribution in [3.05, 3.63) is 94.5 Å². The first kappa shape index (κ1) is 28.3. The van der Waals surface area contributed by atoms with Gasteiger partial charge >= 0.3 is 5.97 Å². The molecule has 1 saturated heterocycles. The molecule has 0 radical (unpaired) electrons. The molecule has 5 rings (SSSR count). The summed E-state index contributed by atoms with van der Waals surface area (Å²) in [5.74, 6) is -0.206. The summed E-state index contributed by atoms with van der Waals surface area (Å²) in [7, 11) is 2.06. The number of hydrogen-bond acceptors (Lipinski definition) is 5. The third kappa shape index (κ3) is 6.41. The van der Waals surface area contributed by atoms with Gasteiger partial charge in [-0.15, -0.1) is 0 Å². The highest BCUT2D eigenvalue weighted by molar-refractivity contribution is 6.30. The molecular weight excluding hydrogens is 522 g/mol. The van der Waals surface area contributed by atoms with Crippen molar-refractivity contribution in [1.29, 1.82) is 0 Å². The molecule has 7 heteroatoms. The summed E-state index contributed by atoms with van der Waals surface area (Å²) in [6.07, 6.45) is 2.94. The second-order valence-electron chi connectivity index (χ2n) is 11.1. The number of likely N-dealkylation sites (tertiary alicyclic amines) is 1. The standard InChI is InChI=1S/C33H38ClN3O3/c1-37-19-17-24(22-13-15-23(34)16-14-22)29(20-37)32(38)36-18-7-6-12-31(35)33(39)40-21-30-27-10-4-2-8-25(27)26-9-3-5-11-28(26)30/h2-5,8-11,13-16,24,29-31H,6-7,12,17-21,35H2,1H3,(H,36,38)/t24-,29?,31?/m1/s1. The van der Waals surface area contributed by atoms with Crippen molar-refractivity contribution in [2.45, 2.75) is 43.6 Å². The van der Waals surface area contributed by atoms with Gasteiger partial charge in [-0.1, -0.05) is 72.3 Å². The average Bonchev–Trinajstić information content (AvgIpc) is 3.29. The zero-order valence-electron chi connectivity index (χ0n) is 23.0. The van der Waals surface area contributed by atoms with E-state index in [0.717, 1.165) is 37.9 Å². The van der Waals surface area contributed by atoms with Gasteiger partial charge in [0.2, 0.25) is 5.91 Å². The number of hydrogen-bond donors (Lipinski definition) is 2. The minimum Gasteiger partial charge on any atom is -0.464 e. The van der Waals surface area contributed by atoms with Crippen molar-refractivity contribution in [1.82, 2.24) is 10.2 Å². The molecule has 1 amide bonds. The molecule has 3 N–H and O–H groups in total. The molecule has 1 aliphatic heterocycles. The van der Waals surface area contributed by atoms with Crippen LogP contribution in [-0.2, 0) is 14.3 Å². The predicted molar refractivity (Wildman–Crippen MR) is 159 cm³/mol. The van der Waals surface area contributed by atoms with Crippen LogP contribution in [0.1, 0.15) is 54.2 Å². The Labute approximate surface area is 241 Å². The fourth-order valence-electron chi connectivity index (χ4n) is 6.15. The molecule has 1 fully saturated rings. The first-order chi connectivity index (χ1) is 19.4. The Bertz CT molecular complexity index is 1280. The molecule has 3 aromatic rings. The quantitative estimate of drug-likeness (QED) is 0.258. The molecule has 0 spiro atoms. The van der Waals surface area contributed by atoms with Crippen LogP contribution < -0.4 is 11.1 Å². The predicted octanol–water partition coefficient (Wildman–Crippen LogP) is 5.34. The lowest BCUT2D eigenvalue weighted by Crippen LogP contribution is -2.45. The molecule has 1 heterocycles. The van der Waals surface area contributed by atoms with Crippen molar-refractivity contribution in [2.24, 2.45) is 11.7 Å². The van der Waals surface area contributed by atoms with Crippen molar-refractivity contribution >= 4 is 23.5 Å². The summed E-state index contributed by atoms with van der Waals surface area (Å²) in [4.78, 5) is 28.0. The third-order valence-corrected chi connectivity index (χ3v) is 8.60. The highest BCUT2D eigenvalue weighted by Crippen LogP contribution is 2.44. The smallest absolute Gasteiger partial charge is 0.322 e. The Morgan fingerprint density at radius 1 is 1.00 bits per heavy atom. The second kappa shape index (κ2) is 13.0. The number of nitrogens with zero attached hydrogens (tertiary/aromatic N) is 1. The number of halogens is 1. The van der Waals surface area contributed by atoms with Gasteiger partial charge in [-0.25, -0.2) is 0 Å². The number of nitrogens with two attached hydrogens (primary N) is 1. The molecule has 2 unspecified atom stereocenters. The molecule has 0 bridgehead atoms. The first-order valence-corrected chi connectivity index (χ1v) is 14.6.